The third kappa shape index (κ3) is 2.89. The van der Waals surface area contributed by atoms with Crippen molar-refractivity contribution in [2.75, 3.05) is 12.8 Å². The number of anilines is 1. The zero-order chi connectivity index (χ0) is 13.8. The van der Waals surface area contributed by atoms with E-state index in [4.69, 9.17) is 10.5 Å². The molecule has 0 aromatic heterocycles. The molecule has 0 fully saturated rings. The highest BCUT2D eigenvalue weighted by Crippen LogP contribution is 2.34. The van der Waals surface area contributed by atoms with E-state index in [0.29, 0.717) is 11.4 Å². The van der Waals surface area contributed by atoms with Crippen molar-refractivity contribution in [2.24, 2.45) is 0 Å². The van der Waals surface area contributed by atoms with E-state index in [2.05, 4.69) is 26.9 Å². The highest BCUT2D eigenvalue weighted by molar-refractivity contribution is 7.23. The van der Waals surface area contributed by atoms with Crippen molar-refractivity contribution < 1.29 is 4.74 Å². The van der Waals surface area contributed by atoms with Gasteiger partial charge in [-0.15, -0.1) is 0 Å². The van der Waals surface area contributed by atoms with Gasteiger partial charge in [-0.05, 0) is 42.3 Å². The Hall–Kier alpha value is -1.97. The van der Waals surface area contributed by atoms with Crippen LogP contribution in [0.5, 0.6) is 5.75 Å². The van der Waals surface area contributed by atoms with E-state index < -0.39 is 0 Å². The second-order valence-corrected chi connectivity index (χ2v) is 4.56. The summed E-state index contributed by atoms with van der Waals surface area (Å²) >= 11 is 0. The van der Waals surface area contributed by atoms with Gasteiger partial charge in [0.25, 0.3) is 0 Å². The lowest BCUT2D eigenvalue weighted by Gasteiger charge is -2.12. The largest absolute Gasteiger partial charge is 0.495 e. The summed E-state index contributed by atoms with van der Waals surface area (Å²) in [6.45, 7) is 2.03. The van der Waals surface area contributed by atoms with Crippen LogP contribution >= 0.6 is 9.24 Å². The van der Waals surface area contributed by atoms with E-state index >= 15 is 0 Å². The third-order valence-electron chi connectivity index (χ3n) is 2.92. The quantitative estimate of drug-likeness (QED) is 0.515. The number of ether oxygens (including phenoxy) is 1. The van der Waals surface area contributed by atoms with E-state index in [0.717, 1.165) is 22.3 Å². The van der Waals surface area contributed by atoms with Gasteiger partial charge in [0.15, 0.2) is 0 Å². The molecule has 2 nitrogen and oxygen atoms in total. The summed E-state index contributed by atoms with van der Waals surface area (Å²) in [7, 11) is 4.02. The number of hydrogen-bond acceptors (Lipinski definition) is 2. The molecule has 3 heteroatoms. The van der Waals surface area contributed by atoms with E-state index in [1.54, 1.807) is 7.11 Å². The monoisotopic (exact) mass is 269 g/mol. The molecular weight excluding hydrogens is 253 g/mol. The summed E-state index contributed by atoms with van der Waals surface area (Å²) in [4.78, 5) is 0. The molecule has 0 saturated heterocycles. The van der Waals surface area contributed by atoms with Gasteiger partial charge in [0, 0.05) is 11.1 Å². The second-order valence-electron chi connectivity index (χ2n) is 4.28. The molecule has 96 valence electrons. The van der Waals surface area contributed by atoms with Crippen LogP contribution in [0, 0.1) is 18.5 Å². The number of aryl methyl sites for hydroxylation is 1. The first kappa shape index (κ1) is 13.5. The molecule has 2 aromatic rings. The van der Waals surface area contributed by atoms with Gasteiger partial charge in [-0.2, -0.15) is 0 Å². The van der Waals surface area contributed by atoms with Gasteiger partial charge >= 0.3 is 0 Å². The highest BCUT2D eigenvalue weighted by Gasteiger charge is 2.09. The maximum atomic E-state index is 6.14. The van der Waals surface area contributed by atoms with Gasteiger partial charge in [-0.25, -0.2) is 0 Å². The Bertz CT molecular complexity index is 651. The van der Waals surface area contributed by atoms with Crippen LogP contribution in [-0.4, -0.2) is 7.11 Å². The topological polar surface area (TPSA) is 35.2 Å². The normalized spacial score (nSPS) is 9.63. The van der Waals surface area contributed by atoms with Crippen LogP contribution in [0.25, 0.3) is 11.1 Å². The predicted molar refractivity (Wildman–Crippen MR) is 84.2 cm³/mol. The van der Waals surface area contributed by atoms with E-state index in [9.17, 15) is 0 Å². The van der Waals surface area contributed by atoms with Gasteiger partial charge in [0.2, 0.25) is 0 Å². The van der Waals surface area contributed by atoms with Gasteiger partial charge < -0.3 is 10.5 Å². The minimum Gasteiger partial charge on any atom is -0.495 e. The summed E-state index contributed by atoms with van der Waals surface area (Å²) < 4.78 is 5.30. The molecule has 1 atom stereocenters. The first-order valence-electron chi connectivity index (χ1n) is 5.92. The maximum Gasteiger partial charge on any atom is 0.142 e. The molecule has 2 aromatic carbocycles. The van der Waals surface area contributed by atoms with Gasteiger partial charge in [-0.1, -0.05) is 33.0 Å². The van der Waals surface area contributed by atoms with Crippen molar-refractivity contribution in [1.82, 2.24) is 0 Å². The van der Waals surface area contributed by atoms with Crippen LogP contribution in [0.1, 0.15) is 11.1 Å². The molecule has 0 aliphatic rings. The molecule has 0 aliphatic heterocycles. The van der Waals surface area contributed by atoms with E-state index in [1.807, 2.05) is 37.3 Å². The lowest BCUT2D eigenvalue weighted by Crippen LogP contribution is -1.96. The fourth-order valence-electron chi connectivity index (χ4n) is 1.99. The molecule has 0 bridgehead atoms. The lowest BCUT2D eigenvalue weighted by atomic mass is 10.00. The fourth-order valence-corrected chi connectivity index (χ4v) is 2.16. The predicted octanol–water partition coefficient (Wildman–Crippen LogP) is 3.44. The SMILES string of the molecule is COc1cc(C)cc(-c2ccc(C#CP)cc2)c1N. The van der Waals surface area contributed by atoms with Crippen molar-refractivity contribution in [3.05, 3.63) is 47.5 Å². The van der Waals surface area contributed by atoms with Gasteiger partial charge in [0.05, 0.1) is 12.8 Å². The number of benzene rings is 2. The van der Waals surface area contributed by atoms with Gasteiger partial charge in [0.1, 0.15) is 5.75 Å². The fraction of sp³-hybridized carbons (Fsp3) is 0.125. The molecule has 19 heavy (non-hydrogen) atoms. The van der Waals surface area contributed by atoms with Crippen LogP contribution in [0.3, 0.4) is 0 Å². The summed E-state index contributed by atoms with van der Waals surface area (Å²) in [5.74, 6) is 3.70. The number of nitrogens with two attached hydrogens (primary N) is 1. The molecule has 0 amide bonds. The number of methoxy groups -OCH3 is 1. The van der Waals surface area contributed by atoms with Crippen LogP contribution in [-0.2, 0) is 0 Å². The molecule has 2 rings (SSSR count). The van der Waals surface area contributed by atoms with Crippen molar-refractivity contribution in [3.63, 3.8) is 0 Å². The van der Waals surface area contributed by atoms with Crippen molar-refractivity contribution in [3.8, 4) is 28.5 Å². The highest BCUT2D eigenvalue weighted by atomic mass is 31.0. The first-order chi connectivity index (χ1) is 9.15. The average molecular weight is 269 g/mol. The Kier molecular flexibility index (Phi) is 4.10. The molecule has 0 radical (unpaired) electrons. The first-order valence-corrected chi connectivity index (χ1v) is 6.49. The Labute approximate surface area is 116 Å². The summed E-state index contributed by atoms with van der Waals surface area (Å²) in [5.41, 5.74) is 13.8. The van der Waals surface area contributed by atoms with Crippen LogP contribution in [0.4, 0.5) is 5.69 Å². The molecule has 1 unspecified atom stereocenters. The van der Waals surface area contributed by atoms with Crippen LogP contribution in [0.2, 0.25) is 0 Å². The Balaban J connectivity index is 2.51. The second kappa shape index (κ2) is 5.78. The summed E-state index contributed by atoms with van der Waals surface area (Å²) in [6, 6.07) is 12.0. The molecular formula is C16H16NOP. The van der Waals surface area contributed by atoms with Crippen molar-refractivity contribution in [1.29, 1.82) is 0 Å². The van der Waals surface area contributed by atoms with E-state index in [1.165, 1.54) is 0 Å². The average Bonchev–Trinajstić information content (AvgIpc) is 2.42. The third-order valence-corrected chi connectivity index (χ3v) is 3.06. The van der Waals surface area contributed by atoms with Crippen molar-refractivity contribution in [2.45, 2.75) is 6.92 Å². The minimum absolute atomic E-state index is 0.665. The van der Waals surface area contributed by atoms with Crippen LogP contribution < -0.4 is 10.5 Å². The molecule has 0 aliphatic carbocycles. The number of rotatable bonds is 2. The Morgan fingerprint density at radius 3 is 2.42 bits per heavy atom. The molecule has 0 spiro atoms. The molecule has 0 heterocycles. The zero-order valence-electron chi connectivity index (χ0n) is 11.0. The molecule has 2 N–H and O–H groups in total. The number of nitrogen functional groups attached to an aromatic ring is 1. The Morgan fingerprint density at radius 2 is 1.84 bits per heavy atom. The Morgan fingerprint density at radius 1 is 1.16 bits per heavy atom. The minimum atomic E-state index is 0.665. The van der Waals surface area contributed by atoms with E-state index in [-0.39, 0.29) is 0 Å². The standard InChI is InChI=1S/C16H16NOP/c1-11-9-14(16(17)15(10-11)18-2)13-5-3-12(4-6-13)7-8-19/h3-6,9-10H,17,19H2,1-2H3. The summed E-state index contributed by atoms with van der Waals surface area (Å²) in [5, 5.41) is 0. The smallest absolute Gasteiger partial charge is 0.142 e. The lowest BCUT2D eigenvalue weighted by molar-refractivity contribution is 0.417. The van der Waals surface area contributed by atoms with Crippen molar-refractivity contribution >= 4 is 14.9 Å². The van der Waals surface area contributed by atoms with Crippen LogP contribution in [0.15, 0.2) is 36.4 Å². The maximum absolute atomic E-state index is 6.14. The molecule has 0 saturated carbocycles. The van der Waals surface area contributed by atoms with Gasteiger partial charge in [-0.3, -0.25) is 0 Å². The zero-order valence-corrected chi connectivity index (χ0v) is 12.2. The number of hydrogen-bond donors (Lipinski definition) is 1. The summed E-state index contributed by atoms with van der Waals surface area (Å²) in [6.07, 6.45) is 0.